The second kappa shape index (κ2) is 6.97. The molecule has 0 spiro atoms. The van der Waals surface area contributed by atoms with Crippen LogP contribution in [0.15, 0.2) is 27.8 Å². The summed E-state index contributed by atoms with van der Waals surface area (Å²) in [5, 5.41) is 19.8. The van der Waals surface area contributed by atoms with Crippen molar-refractivity contribution in [3.8, 4) is 11.5 Å². The van der Waals surface area contributed by atoms with Crippen molar-refractivity contribution in [1.29, 1.82) is 0 Å². The topological polar surface area (TPSA) is 94.5 Å². The number of nitro groups is 1. The van der Waals surface area contributed by atoms with Crippen molar-refractivity contribution in [3.63, 3.8) is 0 Å². The van der Waals surface area contributed by atoms with Crippen LogP contribution in [-0.4, -0.2) is 47.2 Å². The number of benzene rings is 1. The second-order valence-electron chi connectivity index (χ2n) is 4.87. The minimum atomic E-state index is -0.383. The molecule has 122 valence electrons. The SMILES string of the molecule is CCSc1nnc(-c2ccc(N3CCOCC3)c([N+](=O)[O-])c2)o1. The fraction of sp³-hybridized carbons (Fsp3) is 0.429. The minimum Gasteiger partial charge on any atom is -0.411 e. The first-order valence-electron chi connectivity index (χ1n) is 7.27. The molecule has 0 atom stereocenters. The monoisotopic (exact) mass is 336 g/mol. The van der Waals surface area contributed by atoms with Crippen LogP contribution in [0.4, 0.5) is 11.4 Å². The van der Waals surface area contributed by atoms with Gasteiger partial charge in [0.2, 0.25) is 5.89 Å². The quantitative estimate of drug-likeness (QED) is 0.467. The Morgan fingerprint density at radius 1 is 1.35 bits per heavy atom. The number of aromatic nitrogens is 2. The molecule has 0 aliphatic carbocycles. The summed E-state index contributed by atoms with van der Waals surface area (Å²) < 4.78 is 10.8. The third-order valence-corrected chi connectivity index (χ3v) is 4.15. The van der Waals surface area contributed by atoms with Gasteiger partial charge >= 0.3 is 0 Å². The Kier molecular flexibility index (Phi) is 4.77. The van der Waals surface area contributed by atoms with Crippen LogP contribution in [0.25, 0.3) is 11.5 Å². The Bertz CT molecular complexity index is 700. The Hall–Kier alpha value is -2.13. The smallest absolute Gasteiger partial charge is 0.293 e. The molecule has 1 fully saturated rings. The van der Waals surface area contributed by atoms with Gasteiger partial charge in [-0.3, -0.25) is 10.1 Å². The maximum atomic E-state index is 11.4. The largest absolute Gasteiger partial charge is 0.411 e. The van der Waals surface area contributed by atoms with E-state index in [1.165, 1.54) is 17.8 Å². The molecule has 1 aliphatic rings. The van der Waals surface area contributed by atoms with Gasteiger partial charge in [0.1, 0.15) is 5.69 Å². The van der Waals surface area contributed by atoms with Crippen LogP contribution in [0.2, 0.25) is 0 Å². The molecular weight excluding hydrogens is 320 g/mol. The number of nitro benzene ring substituents is 1. The molecular formula is C14H16N4O4S. The molecule has 2 heterocycles. The first kappa shape index (κ1) is 15.8. The summed E-state index contributed by atoms with van der Waals surface area (Å²) in [6, 6.07) is 4.99. The summed E-state index contributed by atoms with van der Waals surface area (Å²) in [5.41, 5.74) is 1.17. The molecule has 0 N–H and O–H groups in total. The van der Waals surface area contributed by atoms with Gasteiger partial charge in [0.15, 0.2) is 0 Å². The number of rotatable bonds is 5. The molecule has 3 rings (SSSR count). The summed E-state index contributed by atoms with van der Waals surface area (Å²) in [5.74, 6) is 1.11. The van der Waals surface area contributed by atoms with Crippen molar-refractivity contribution < 1.29 is 14.1 Å². The van der Waals surface area contributed by atoms with Crippen LogP contribution < -0.4 is 4.90 Å². The summed E-state index contributed by atoms with van der Waals surface area (Å²) in [6.07, 6.45) is 0. The van der Waals surface area contributed by atoms with Crippen LogP contribution in [-0.2, 0) is 4.74 Å². The number of hydrogen-bond acceptors (Lipinski definition) is 8. The summed E-state index contributed by atoms with van der Waals surface area (Å²) in [6.45, 7) is 4.40. The molecule has 0 saturated carbocycles. The van der Waals surface area contributed by atoms with E-state index in [-0.39, 0.29) is 16.5 Å². The molecule has 1 saturated heterocycles. The number of nitrogens with zero attached hydrogens (tertiary/aromatic N) is 4. The fourth-order valence-electron chi connectivity index (χ4n) is 2.38. The van der Waals surface area contributed by atoms with E-state index in [0.29, 0.717) is 42.8 Å². The van der Waals surface area contributed by atoms with Gasteiger partial charge in [0.05, 0.1) is 18.1 Å². The lowest BCUT2D eigenvalue weighted by molar-refractivity contribution is -0.384. The molecule has 8 nitrogen and oxygen atoms in total. The molecule has 1 aromatic carbocycles. The van der Waals surface area contributed by atoms with E-state index >= 15 is 0 Å². The van der Waals surface area contributed by atoms with Crippen LogP contribution >= 0.6 is 11.8 Å². The van der Waals surface area contributed by atoms with E-state index in [1.54, 1.807) is 12.1 Å². The maximum absolute atomic E-state index is 11.4. The number of hydrogen-bond donors (Lipinski definition) is 0. The number of anilines is 1. The highest BCUT2D eigenvalue weighted by atomic mass is 32.2. The highest BCUT2D eigenvalue weighted by Gasteiger charge is 2.23. The Balaban J connectivity index is 1.93. The van der Waals surface area contributed by atoms with Gasteiger partial charge in [-0.2, -0.15) is 0 Å². The van der Waals surface area contributed by atoms with E-state index in [0.717, 1.165) is 5.75 Å². The zero-order valence-electron chi connectivity index (χ0n) is 12.6. The molecule has 23 heavy (non-hydrogen) atoms. The van der Waals surface area contributed by atoms with Crippen molar-refractivity contribution in [3.05, 3.63) is 28.3 Å². The van der Waals surface area contributed by atoms with E-state index in [9.17, 15) is 10.1 Å². The summed E-state index contributed by atoms with van der Waals surface area (Å²) in [7, 11) is 0. The molecule has 1 aliphatic heterocycles. The lowest BCUT2D eigenvalue weighted by atomic mass is 10.1. The number of ether oxygens (including phenoxy) is 1. The van der Waals surface area contributed by atoms with Gasteiger partial charge in [-0.15, -0.1) is 10.2 Å². The van der Waals surface area contributed by atoms with E-state index in [1.807, 2.05) is 11.8 Å². The molecule has 0 radical (unpaired) electrons. The lowest BCUT2D eigenvalue weighted by Crippen LogP contribution is -2.36. The highest BCUT2D eigenvalue weighted by Crippen LogP contribution is 2.33. The van der Waals surface area contributed by atoms with Crippen molar-refractivity contribution in [1.82, 2.24) is 10.2 Å². The zero-order chi connectivity index (χ0) is 16.2. The van der Waals surface area contributed by atoms with Crippen LogP contribution in [0.1, 0.15) is 6.92 Å². The van der Waals surface area contributed by atoms with Gasteiger partial charge in [-0.05, 0) is 17.9 Å². The minimum absolute atomic E-state index is 0.0345. The predicted molar refractivity (Wildman–Crippen MR) is 85.8 cm³/mol. The molecule has 9 heteroatoms. The van der Waals surface area contributed by atoms with E-state index < -0.39 is 0 Å². The van der Waals surface area contributed by atoms with Gasteiger partial charge in [0.25, 0.3) is 10.9 Å². The normalized spacial score (nSPS) is 14.9. The van der Waals surface area contributed by atoms with Crippen LogP contribution in [0, 0.1) is 10.1 Å². The van der Waals surface area contributed by atoms with Crippen molar-refractivity contribution in [2.75, 3.05) is 37.0 Å². The van der Waals surface area contributed by atoms with Gasteiger partial charge in [0, 0.05) is 24.7 Å². The zero-order valence-corrected chi connectivity index (χ0v) is 13.4. The van der Waals surface area contributed by atoms with Crippen molar-refractivity contribution >= 4 is 23.1 Å². The lowest BCUT2D eigenvalue weighted by Gasteiger charge is -2.28. The number of thioether (sulfide) groups is 1. The van der Waals surface area contributed by atoms with Crippen molar-refractivity contribution in [2.24, 2.45) is 0 Å². The molecule has 0 unspecified atom stereocenters. The molecule has 2 aromatic rings. The Morgan fingerprint density at radius 3 is 2.83 bits per heavy atom. The first-order valence-corrected chi connectivity index (χ1v) is 8.25. The predicted octanol–water partition coefficient (Wildman–Crippen LogP) is 2.59. The molecule has 1 aromatic heterocycles. The van der Waals surface area contributed by atoms with Gasteiger partial charge in [-0.1, -0.05) is 18.7 Å². The molecule has 0 bridgehead atoms. The summed E-state index contributed by atoms with van der Waals surface area (Å²) in [4.78, 5) is 13.0. The van der Waals surface area contributed by atoms with E-state index in [2.05, 4.69) is 10.2 Å². The van der Waals surface area contributed by atoms with Gasteiger partial charge in [-0.25, -0.2) is 0 Å². The summed E-state index contributed by atoms with van der Waals surface area (Å²) >= 11 is 1.43. The highest BCUT2D eigenvalue weighted by molar-refractivity contribution is 7.99. The number of morpholine rings is 1. The Labute approximate surface area is 137 Å². The fourth-order valence-corrected chi connectivity index (χ4v) is 2.87. The van der Waals surface area contributed by atoms with Crippen LogP contribution in [0.5, 0.6) is 0 Å². The maximum Gasteiger partial charge on any atom is 0.293 e. The average molecular weight is 336 g/mol. The first-order chi connectivity index (χ1) is 11.2. The third-order valence-electron chi connectivity index (χ3n) is 3.45. The average Bonchev–Trinajstić information content (AvgIpc) is 3.04. The Morgan fingerprint density at radius 2 is 2.13 bits per heavy atom. The van der Waals surface area contributed by atoms with Crippen molar-refractivity contribution in [2.45, 2.75) is 12.1 Å². The van der Waals surface area contributed by atoms with Crippen LogP contribution in [0.3, 0.4) is 0 Å². The van der Waals surface area contributed by atoms with E-state index in [4.69, 9.17) is 9.15 Å². The molecule has 0 amide bonds. The second-order valence-corrected chi connectivity index (χ2v) is 6.08. The van der Waals surface area contributed by atoms with Gasteiger partial charge < -0.3 is 14.1 Å². The standard InChI is InChI=1S/C14H16N4O4S/c1-2-23-14-16-15-13(22-14)10-3-4-11(12(9-10)18(19)20)17-5-7-21-8-6-17/h3-4,9H,2,5-8H2,1H3. The third kappa shape index (κ3) is 3.45.